The van der Waals surface area contributed by atoms with Crippen LogP contribution in [0.2, 0.25) is 5.02 Å². The maximum Gasteiger partial charge on any atom is 0.336 e. The molecule has 0 bridgehead atoms. The Morgan fingerprint density at radius 1 is 1.12 bits per heavy atom. The van der Waals surface area contributed by atoms with Gasteiger partial charge < -0.3 is 9.73 Å². The van der Waals surface area contributed by atoms with E-state index in [1.807, 2.05) is 37.3 Å². The average molecular weight is 342 g/mol. The van der Waals surface area contributed by atoms with E-state index in [4.69, 9.17) is 16.0 Å². The minimum Gasteiger partial charge on any atom is -0.423 e. The monoisotopic (exact) mass is 341 g/mol. The SMILES string of the molecule is Cc1ccc2c(CNC(=O)Cc3ccc(Cl)cc3)cc(=O)oc2c1. The van der Waals surface area contributed by atoms with E-state index in [9.17, 15) is 9.59 Å². The summed E-state index contributed by atoms with van der Waals surface area (Å²) in [4.78, 5) is 23.8. The second-order valence-electron chi connectivity index (χ2n) is 5.67. The molecule has 122 valence electrons. The van der Waals surface area contributed by atoms with Crippen molar-refractivity contribution in [1.29, 1.82) is 0 Å². The van der Waals surface area contributed by atoms with Crippen LogP contribution < -0.4 is 10.9 Å². The normalized spacial score (nSPS) is 10.8. The van der Waals surface area contributed by atoms with Crippen LogP contribution in [0.5, 0.6) is 0 Å². The first-order valence-corrected chi connectivity index (χ1v) is 7.93. The van der Waals surface area contributed by atoms with Crippen molar-refractivity contribution in [2.75, 3.05) is 0 Å². The van der Waals surface area contributed by atoms with Crippen LogP contribution in [-0.4, -0.2) is 5.91 Å². The van der Waals surface area contributed by atoms with E-state index >= 15 is 0 Å². The number of hydrogen-bond donors (Lipinski definition) is 1. The summed E-state index contributed by atoms with van der Waals surface area (Å²) >= 11 is 5.83. The van der Waals surface area contributed by atoms with Crippen molar-refractivity contribution in [1.82, 2.24) is 5.32 Å². The topological polar surface area (TPSA) is 59.3 Å². The fourth-order valence-corrected chi connectivity index (χ4v) is 2.65. The number of amides is 1. The minimum atomic E-state index is -0.421. The van der Waals surface area contributed by atoms with Crippen molar-refractivity contribution in [3.8, 4) is 0 Å². The number of nitrogens with one attached hydrogen (secondary N) is 1. The number of halogens is 1. The summed E-state index contributed by atoms with van der Waals surface area (Å²) in [5.74, 6) is -0.120. The fraction of sp³-hybridized carbons (Fsp3) is 0.158. The highest BCUT2D eigenvalue weighted by molar-refractivity contribution is 6.30. The molecule has 1 N–H and O–H groups in total. The molecule has 1 amide bonds. The Labute approximate surface area is 144 Å². The standard InChI is InChI=1S/C19H16ClNO3/c1-12-2-7-16-14(10-19(23)24-17(16)8-12)11-21-18(22)9-13-3-5-15(20)6-4-13/h2-8,10H,9,11H2,1H3,(H,21,22). The van der Waals surface area contributed by atoms with Crippen molar-refractivity contribution in [2.24, 2.45) is 0 Å². The number of fused-ring (bicyclic) bond motifs is 1. The third kappa shape index (κ3) is 3.84. The lowest BCUT2D eigenvalue weighted by Crippen LogP contribution is -2.25. The molecule has 0 atom stereocenters. The average Bonchev–Trinajstić information content (AvgIpc) is 2.54. The summed E-state index contributed by atoms with van der Waals surface area (Å²) in [5, 5.41) is 4.31. The van der Waals surface area contributed by atoms with Crippen LogP contribution in [0, 0.1) is 6.92 Å². The molecule has 4 nitrogen and oxygen atoms in total. The fourth-order valence-electron chi connectivity index (χ4n) is 2.53. The van der Waals surface area contributed by atoms with Crippen LogP contribution in [-0.2, 0) is 17.8 Å². The van der Waals surface area contributed by atoms with E-state index < -0.39 is 5.63 Å². The van der Waals surface area contributed by atoms with E-state index in [0.717, 1.165) is 22.1 Å². The van der Waals surface area contributed by atoms with Crippen LogP contribution >= 0.6 is 11.6 Å². The summed E-state index contributed by atoms with van der Waals surface area (Å²) in [6.07, 6.45) is 0.260. The highest BCUT2D eigenvalue weighted by atomic mass is 35.5. The van der Waals surface area contributed by atoms with Gasteiger partial charge in [0.05, 0.1) is 6.42 Å². The Bertz CT molecular complexity index is 945. The lowest BCUT2D eigenvalue weighted by Gasteiger charge is -2.08. The third-order valence-corrected chi connectivity index (χ3v) is 3.99. The lowest BCUT2D eigenvalue weighted by molar-refractivity contribution is -0.120. The molecule has 0 saturated carbocycles. The molecule has 3 rings (SSSR count). The summed E-state index contributed by atoms with van der Waals surface area (Å²) in [7, 11) is 0. The molecule has 5 heteroatoms. The number of carbonyl (C=O) groups is 1. The zero-order chi connectivity index (χ0) is 17.1. The van der Waals surface area contributed by atoms with Gasteiger partial charge in [-0.15, -0.1) is 0 Å². The van der Waals surface area contributed by atoms with Gasteiger partial charge in [0.1, 0.15) is 5.58 Å². The Morgan fingerprint density at radius 2 is 1.88 bits per heavy atom. The second-order valence-corrected chi connectivity index (χ2v) is 6.11. The largest absolute Gasteiger partial charge is 0.423 e. The molecule has 0 fully saturated rings. The van der Waals surface area contributed by atoms with Gasteiger partial charge in [0.25, 0.3) is 0 Å². The zero-order valence-electron chi connectivity index (χ0n) is 13.1. The number of carbonyl (C=O) groups excluding carboxylic acids is 1. The molecule has 0 spiro atoms. The third-order valence-electron chi connectivity index (χ3n) is 3.74. The molecule has 1 aromatic heterocycles. The smallest absolute Gasteiger partial charge is 0.336 e. The van der Waals surface area contributed by atoms with Crippen LogP contribution in [0.25, 0.3) is 11.0 Å². The summed E-state index contributed by atoms with van der Waals surface area (Å²) in [5.41, 5.74) is 2.74. The van der Waals surface area contributed by atoms with E-state index in [1.54, 1.807) is 12.1 Å². The molecule has 0 aliphatic carbocycles. The van der Waals surface area contributed by atoms with E-state index in [0.29, 0.717) is 10.6 Å². The zero-order valence-corrected chi connectivity index (χ0v) is 13.9. The van der Waals surface area contributed by atoms with Gasteiger partial charge >= 0.3 is 5.63 Å². The van der Waals surface area contributed by atoms with Gasteiger partial charge in [0.2, 0.25) is 5.91 Å². The number of aryl methyl sites for hydroxylation is 1. The summed E-state index contributed by atoms with van der Waals surface area (Å²) in [6, 6.07) is 14.2. The Hall–Kier alpha value is -2.59. The van der Waals surface area contributed by atoms with Crippen molar-refractivity contribution < 1.29 is 9.21 Å². The molecule has 0 aliphatic heterocycles. The first-order chi connectivity index (χ1) is 11.5. The molecular formula is C19H16ClNO3. The minimum absolute atomic E-state index is 0.120. The quantitative estimate of drug-likeness (QED) is 0.737. The van der Waals surface area contributed by atoms with Crippen molar-refractivity contribution in [3.05, 3.63) is 80.7 Å². The van der Waals surface area contributed by atoms with Crippen molar-refractivity contribution in [3.63, 3.8) is 0 Å². The van der Waals surface area contributed by atoms with Gasteiger partial charge in [-0.05, 0) is 41.8 Å². The molecule has 0 radical (unpaired) electrons. The predicted molar refractivity (Wildman–Crippen MR) is 94.2 cm³/mol. The van der Waals surface area contributed by atoms with Crippen molar-refractivity contribution >= 4 is 28.5 Å². The Balaban J connectivity index is 1.74. The van der Waals surface area contributed by atoms with E-state index in [2.05, 4.69) is 5.32 Å². The lowest BCUT2D eigenvalue weighted by atomic mass is 10.1. The molecule has 0 aliphatic rings. The molecule has 3 aromatic rings. The molecule has 0 saturated heterocycles. The summed E-state index contributed by atoms with van der Waals surface area (Å²) in [6.45, 7) is 2.21. The maximum absolute atomic E-state index is 12.1. The Kier molecular flexibility index (Phi) is 4.67. The van der Waals surface area contributed by atoms with Crippen LogP contribution in [0.4, 0.5) is 0 Å². The number of benzene rings is 2. The first-order valence-electron chi connectivity index (χ1n) is 7.56. The predicted octanol–water partition coefficient (Wildman–Crippen LogP) is 3.61. The molecule has 24 heavy (non-hydrogen) atoms. The first kappa shape index (κ1) is 16.3. The molecule has 0 unspecified atom stereocenters. The van der Waals surface area contributed by atoms with Crippen molar-refractivity contribution in [2.45, 2.75) is 19.9 Å². The maximum atomic E-state index is 12.1. The molecular weight excluding hydrogens is 326 g/mol. The van der Waals surface area contributed by atoms with Gasteiger partial charge in [-0.25, -0.2) is 4.79 Å². The van der Waals surface area contributed by atoms with Gasteiger partial charge in [-0.2, -0.15) is 0 Å². The number of hydrogen-bond acceptors (Lipinski definition) is 3. The van der Waals surface area contributed by atoms with E-state index in [-0.39, 0.29) is 18.9 Å². The highest BCUT2D eigenvalue weighted by Gasteiger charge is 2.08. The molecule has 2 aromatic carbocycles. The Morgan fingerprint density at radius 3 is 2.62 bits per heavy atom. The van der Waals surface area contributed by atoms with Crippen LogP contribution in [0.15, 0.2) is 57.7 Å². The van der Waals surface area contributed by atoms with Gasteiger partial charge in [0.15, 0.2) is 0 Å². The highest BCUT2D eigenvalue weighted by Crippen LogP contribution is 2.18. The van der Waals surface area contributed by atoms with Gasteiger partial charge in [-0.1, -0.05) is 35.9 Å². The van der Waals surface area contributed by atoms with Gasteiger partial charge in [-0.3, -0.25) is 4.79 Å². The summed E-state index contributed by atoms with van der Waals surface area (Å²) < 4.78 is 5.22. The van der Waals surface area contributed by atoms with Crippen LogP contribution in [0.3, 0.4) is 0 Å². The number of rotatable bonds is 4. The molecule has 1 heterocycles. The second kappa shape index (κ2) is 6.89. The van der Waals surface area contributed by atoms with E-state index in [1.165, 1.54) is 6.07 Å². The van der Waals surface area contributed by atoms with Gasteiger partial charge in [0, 0.05) is 23.0 Å². The van der Waals surface area contributed by atoms with Crippen LogP contribution in [0.1, 0.15) is 16.7 Å².